The van der Waals surface area contributed by atoms with Gasteiger partial charge in [0, 0.05) is 17.8 Å². The van der Waals surface area contributed by atoms with Gasteiger partial charge in [-0.25, -0.2) is 5.90 Å². The zero-order valence-corrected chi connectivity index (χ0v) is 7.45. The lowest BCUT2D eigenvalue weighted by molar-refractivity contribution is 0.126. The van der Waals surface area contributed by atoms with Crippen molar-refractivity contribution in [3.05, 3.63) is 29.6 Å². The second kappa shape index (κ2) is 4.18. The van der Waals surface area contributed by atoms with Gasteiger partial charge >= 0.3 is 0 Å². The molecule has 1 atom stereocenters. The molecule has 3 nitrogen and oxygen atoms in total. The van der Waals surface area contributed by atoms with E-state index in [1.165, 1.54) is 5.56 Å². The molecular weight excluding hydrogens is 152 g/mol. The summed E-state index contributed by atoms with van der Waals surface area (Å²) in [4.78, 5) is 8.78. The Kier molecular flexibility index (Phi) is 3.19. The van der Waals surface area contributed by atoms with E-state index in [-0.39, 0.29) is 5.92 Å². The molecule has 0 aromatic carbocycles. The highest BCUT2D eigenvalue weighted by Gasteiger charge is 2.05. The summed E-state index contributed by atoms with van der Waals surface area (Å²) in [5, 5.41) is 0. The van der Waals surface area contributed by atoms with Crippen LogP contribution in [0.4, 0.5) is 0 Å². The molecule has 1 aromatic rings. The minimum atomic E-state index is 0.259. The number of nitrogens with zero attached hydrogens (tertiary/aromatic N) is 1. The van der Waals surface area contributed by atoms with Gasteiger partial charge in [0.25, 0.3) is 0 Å². The van der Waals surface area contributed by atoms with Crippen LogP contribution in [0, 0.1) is 6.92 Å². The Hall–Kier alpha value is -0.930. The summed E-state index contributed by atoms with van der Waals surface area (Å²) in [7, 11) is 0. The minimum Gasteiger partial charge on any atom is -0.304 e. The average molecular weight is 166 g/mol. The van der Waals surface area contributed by atoms with Gasteiger partial charge in [0.05, 0.1) is 6.61 Å². The second-order valence-corrected chi connectivity index (χ2v) is 2.99. The maximum Gasteiger partial charge on any atom is 0.0760 e. The van der Waals surface area contributed by atoms with Crippen molar-refractivity contribution < 1.29 is 4.84 Å². The van der Waals surface area contributed by atoms with Gasteiger partial charge in [0.15, 0.2) is 0 Å². The van der Waals surface area contributed by atoms with Crippen LogP contribution in [-0.2, 0) is 4.84 Å². The molecule has 0 fully saturated rings. The molecule has 0 amide bonds. The standard InChI is InChI=1S/C9H14N2O/c1-7-3-4-11-9(5-7)8(2)6-12-10/h3-5,8H,6,10H2,1-2H3. The number of rotatable bonds is 3. The molecule has 0 radical (unpaired) electrons. The van der Waals surface area contributed by atoms with Gasteiger partial charge in [-0.05, 0) is 24.6 Å². The summed E-state index contributed by atoms with van der Waals surface area (Å²) in [6, 6.07) is 4.02. The molecule has 12 heavy (non-hydrogen) atoms. The number of hydrogen-bond acceptors (Lipinski definition) is 3. The van der Waals surface area contributed by atoms with Gasteiger partial charge in [0.1, 0.15) is 0 Å². The first-order chi connectivity index (χ1) is 5.74. The van der Waals surface area contributed by atoms with Crippen LogP contribution < -0.4 is 5.90 Å². The fraction of sp³-hybridized carbons (Fsp3) is 0.444. The number of nitrogens with two attached hydrogens (primary N) is 1. The molecule has 3 heteroatoms. The van der Waals surface area contributed by atoms with Gasteiger partial charge < -0.3 is 4.84 Å². The van der Waals surface area contributed by atoms with Crippen LogP contribution in [-0.4, -0.2) is 11.6 Å². The molecule has 0 aliphatic carbocycles. The van der Waals surface area contributed by atoms with E-state index in [1.54, 1.807) is 6.20 Å². The van der Waals surface area contributed by atoms with E-state index in [1.807, 2.05) is 26.0 Å². The first kappa shape index (κ1) is 9.16. The maximum atomic E-state index is 4.98. The Morgan fingerprint density at radius 1 is 1.67 bits per heavy atom. The fourth-order valence-corrected chi connectivity index (χ4v) is 1.06. The highest BCUT2D eigenvalue weighted by atomic mass is 16.6. The van der Waals surface area contributed by atoms with Crippen LogP contribution in [0.2, 0.25) is 0 Å². The van der Waals surface area contributed by atoms with Gasteiger partial charge in [-0.3, -0.25) is 4.98 Å². The van der Waals surface area contributed by atoms with Crippen molar-refractivity contribution in [3.8, 4) is 0 Å². The van der Waals surface area contributed by atoms with E-state index in [4.69, 9.17) is 5.90 Å². The molecule has 0 saturated heterocycles. The molecule has 0 saturated carbocycles. The Balaban J connectivity index is 2.73. The van der Waals surface area contributed by atoms with Crippen molar-refractivity contribution in [3.63, 3.8) is 0 Å². The molecule has 0 spiro atoms. The van der Waals surface area contributed by atoms with E-state index >= 15 is 0 Å². The Morgan fingerprint density at radius 2 is 2.42 bits per heavy atom. The SMILES string of the molecule is Cc1ccnc(C(C)CON)c1. The highest BCUT2D eigenvalue weighted by Crippen LogP contribution is 2.12. The molecule has 1 heterocycles. The van der Waals surface area contributed by atoms with Crippen LogP contribution >= 0.6 is 0 Å². The van der Waals surface area contributed by atoms with Crippen molar-refractivity contribution in [2.45, 2.75) is 19.8 Å². The quantitative estimate of drug-likeness (QED) is 0.690. The van der Waals surface area contributed by atoms with Crippen LogP contribution in [0.3, 0.4) is 0 Å². The second-order valence-electron chi connectivity index (χ2n) is 2.99. The number of pyridine rings is 1. The minimum absolute atomic E-state index is 0.259. The third-order valence-electron chi connectivity index (χ3n) is 1.79. The van der Waals surface area contributed by atoms with E-state index in [2.05, 4.69) is 9.82 Å². The van der Waals surface area contributed by atoms with Crippen molar-refractivity contribution in [2.75, 3.05) is 6.61 Å². The monoisotopic (exact) mass is 166 g/mol. The summed E-state index contributed by atoms with van der Waals surface area (Å²) in [5.74, 6) is 5.24. The van der Waals surface area contributed by atoms with E-state index in [9.17, 15) is 0 Å². The zero-order valence-electron chi connectivity index (χ0n) is 7.45. The first-order valence-electron chi connectivity index (χ1n) is 3.98. The summed E-state index contributed by atoms with van der Waals surface area (Å²) in [6.45, 7) is 4.59. The Labute approximate surface area is 72.5 Å². The predicted octanol–water partition coefficient (Wildman–Crippen LogP) is 1.38. The molecule has 0 bridgehead atoms. The van der Waals surface area contributed by atoms with Crippen LogP contribution in [0.1, 0.15) is 24.1 Å². The van der Waals surface area contributed by atoms with Crippen LogP contribution in [0.15, 0.2) is 18.3 Å². The summed E-state index contributed by atoms with van der Waals surface area (Å²) in [5.41, 5.74) is 2.24. The van der Waals surface area contributed by atoms with Crippen molar-refractivity contribution in [1.82, 2.24) is 4.98 Å². The van der Waals surface area contributed by atoms with Gasteiger partial charge in [-0.1, -0.05) is 6.92 Å². The van der Waals surface area contributed by atoms with Crippen LogP contribution in [0.5, 0.6) is 0 Å². The van der Waals surface area contributed by atoms with Gasteiger partial charge in [-0.15, -0.1) is 0 Å². The van der Waals surface area contributed by atoms with Crippen molar-refractivity contribution in [1.29, 1.82) is 0 Å². The van der Waals surface area contributed by atoms with E-state index in [0.29, 0.717) is 6.61 Å². The molecule has 0 aliphatic rings. The third kappa shape index (κ3) is 2.29. The van der Waals surface area contributed by atoms with Crippen molar-refractivity contribution >= 4 is 0 Å². The normalized spacial score (nSPS) is 12.9. The topological polar surface area (TPSA) is 48.1 Å². The van der Waals surface area contributed by atoms with Gasteiger partial charge in [0.2, 0.25) is 0 Å². The Morgan fingerprint density at radius 3 is 3.00 bits per heavy atom. The molecule has 1 rings (SSSR count). The first-order valence-corrected chi connectivity index (χ1v) is 3.98. The maximum absolute atomic E-state index is 4.98. The highest BCUT2D eigenvalue weighted by molar-refractivity contribution is 5.17. The van der Waals surface area contributed by atoms with Gasteiger partial charge in [-0.2, -0.15) is 0 Å². The lowest BCUT2D eigenvalue weighted by Gasteiger charge is -2.08. The zero-order chi connectivity index (χ0) is 8.97. The number of hydrogen-bond donors (Lipinski definition) is 1. The van der Waals surface area contributed by atoms with Crippen molar-refractivity contribution in [2.24, 2.45) is 5.90 Å². The Bertz CT molecular complexity index is 250. The number of aryl methyl sites for hydroxylation is 1. The molecule has 1 aromatic heterocycles. The largest absolute Gasteiger partial charge is 0.304 e. The summed E-state index contributed by atoms with van der Waals surface area (Å²) >= 11 is 0. The lowest BCUT2D eigenvalue weighted by Crippen LogP contribution is -2.09. The molecule has 1 unspecified atom stereocenters. The third-order valence-corrected chi connectivity index (χ3v) is 1.79. The van der Waals surface area contributed by atoms with E-state index in [0.717, 1.165) is 5.69 Å². The van der Waals surface area contributed by atoms with E-state index < -0.39 is 0 Å². The smallest absolute Gasteiger partial charge is 0.0760 e. The molecule has 2 N–H and O–H groups in total. The summed E-state index contributed by atoms with van der Waals surface area (Å²) < 4.78 is 0. The predicted molar refractivity (Wildman–Crippen MR) is 47.5 cm³/mol. The average Bonchev–Trinajstić information content (AvgIpc) is 2.05. The molecule has 0 aliphatic heterocycles. The molecule has 66 valence electrons. The van der Waals surface area contributed by atoms with Crippen LogP contribution in [0.25, 0.3) is 0 Å². The lowest BCUT2D eigenvalue weighted by atomic mass is 10.1. The molecular formula is C9H14N2O. The summed E-state index contributed by atoms with van der Waals surface area (Å²) in [6.07, 6.45) is 1.80. The fourth-order valence-electron chi connectivity index (χ4n) is 1.06. The number of aromatic nitrogens is 1.